The Balaban J connectivity index is 1.86. The molecule has 0 radical (unpaired) electrons. The van der Waals surface area contributed by atoms with Crippen LogP contribution in [0.3, 0.4) is 0 Å². The van der Waals surface area contributed by atoms with Crippen LogP contribution in [0, 0.1) is 11.8 Å². The minimum absolute atomic E-state index is 0.0209. The predicted molar refractivity (Wildman–Crippen MR) is 63.4 cm³/mol. The largest absolute Gasteiger partial charge is 0.480 e. The van der Waals surface area contributed by atoms with E-state index in [0.717, 1.165) is 4.90 Å². The number of hydrogen-bond donors (Lipinski definition) is 2. The normalized spacial score (nSPS) is 26.9. The number of aromatic amines is 1. The van der Waals surface area contributed by atoms with Crippen LogP contribution in [0.2, 0.25) is 0 Å². The Morgan fingerprint density at radius 2 is 2.10 bits per heavy atom. The number of amides is 2. The van der Waals surface area contributed by atoms with Crippen molar-refractivity contribution >= 4 is 17.8 Å². The Morgan fingerprint density at radius 1 is 1.45 bits per heavy atom. The Morgan fingerprint density at radius 3 is 2.60 bits per heavy atom. The number of fused-ring (bicyclic) bond motifs is 1. The summed E-state index contributed by atoms with van der Waals surface area (Å²) in [5.74, 6) is -3.19. The van der Waals surface area contributed by atoms with E-state index in [0.29, 0.717) is 5.69 Å². The van der Waals surface area contributed by atoms with Gasteiger partial charge in [0.25, 0.3) is 0 Å². The van der Waals surface area contributed by atoms with Crippen LogP contribution in [0.1, 0.15) is 5.69 Å². The maximum Gasteiger partial charge on any atom is 0.327 e. The second-order valence-corrected chi connectivity index (χ2v) is 4.93. The van der Waals surface area contributed by atoms with Gasteiger partial charge in [0.1, 0.15) is 6.04 Å². The molecular weight excluding hydrogens is 266 g/mol. The number of carboxylic acid groups (broad SMARTS) is 1. The van der Waals surface area contributed by atoms with Crippen LogP contribution < -0.4 is 0 Å². The van der Waals surface area contributed by atoms with Gasteiger partial charge in [-0.25, -0.2) is 9.78 Å². The standard InChI is InChI=1S/C12H13N3O5/c16-10-7-3-20-4-8(7)11(17)15(10)9(12(18)19)1-6-2-13-5-14-6/h2,5,7-9H,1,3-4H2,(H,13,14)(H,18,19)/t7?,8?,9-/m0/s1. The SMILES string of the molecule is O=C(O)[C@H](Cc1cnc[nH]1)N1C(=O)C2COCC2C1=O. The van der Waals surface area contributed by atoms with Gasteiger partial charge in [0, 0.05) is 18.3 Å². The fourth-order valence-corrected chi connectivity index (χ4v) is 2.71. The van der Waals surface area contributed by atoms with Gasteiger partial charge in [-0.1, -0.05) is 0 Å². The molecule has 2 amide bonds. The van der Waals surface area contributed by atoms with E-state index in [9.17, 15) is 19.5 Å². The van der Waals surface area contributed by atoms with Crippen LogP contribution in [0.4, 0.5) is 0 Å². The summed E-state index contributed by atoms with van der Waals surface area (Å²) in [7, 11) is 0. The summed E-state index contributed by atoms with van der Waals surface area (Å²) >= 11 is 0. The lowest BCUT2D eigenvalue weighted by molar-refractivity contribution is -0.155. The molecule has 3 rings (SSSR count). The minimum atomic E-state index is -1.21. The first-order chi connectivity index (χ1) is 9.59. The van der Waals surface area contributed by atoms with E-state index in [2.05, 4.69) is 9.97 Å². The number of carboxylic acids is 1. The third-order valence-corrected chi connectivity index (χ3v) is 3.75. The summed E-state index contributed by atoms with van der Waals surface area (Å²) in [6, 6.07) is -1.21. The number of carbonyl (C=O) groups excluding carboxylic acids is 2. The number of nitrogens with zero attached hydrogens (tertiary/aromatic N) is 2. The van der Waals surface area contributed by atoms with Crippen molar-refractivity contribution in [2.24, 2.45) is 11.8 Å². The molecule has 3 atom stereocenters. The number of imidazole rings is 1. The molecule has 3 heterocycles. The van der Waals surface area contributed by atoms with Crippen molar-refractivity contribution in [3.63, 3.8) is 0 Å². The van der Waals surface area contributed by atoms with Gasteiger partial charge in [0.15, 0.2) is 0 Å². The lowest BCUT2D eigenvalue weighted by atomic mass is 10.00. The molecule has 1 aromatic heterocycles. The van der Waals surface area contributed by atoms with E-state index in [1.807, 2.05) is 0 Å². The van der Waals surface area contributed by atoms with Crippen molar-refractivity contribution < 1.29 is 24.2 Å². The third kappa shape index (κ3) is 1.88. The van der Waals surface area contributed by atoms with Crippen LogP contribution in [0.5, 0.6) is 0 Å². The van der Waals surface area contributed by atoms with E-state index in [-0.39, 0.29) is 19.6 Å². The van der Waals surface area contributed by atoms with E-state index in [1.54, 1.807) is 0 Å². The van der Waals surface area contributed by atoms with Gasteiger partial charge >= 0.3 is 5.97 Å². The number of nitrogens with one attached hydrogen (secondary N) is 1. The molecule has 2 saturated heterocycles. The molecule has 2 aliphatic rings. The average molecular weight is 279 g/mol. The molecule has 0 aliphatic carbocycles. The van der Waals surface area contributed by atoms with Crippen LogP contribution in [0.25, 0.3) is 0 Å². The fraction of sp³-hybridized carbons (Fsp3) is 0.500. The molecule has 106 valence electrons. The van der Waals surface area contributed by atoms with Gasteiger partial charge in [0.05, 0.1) is 31.4 Å². The van der Waals surface area contributed by atoms with E-state index >= 15 is 0 Å². The Labute approximate surface area is 113 Å². The number of hydrogen-bond acceptors (Lipinski definition) is 5. The topological polar surface area (TPSA) is 113 Å². The maximum absolute atomic E-state index is 12.2. The maximum atomic E-state index is 12.2. The van der Waals surface area contributed by atoms with Gasteiger partial charge in [-0.15, -0.1) is 0 Å². The summed E-state index contributed by atoms with van der Waals surface area (Å²) in [5.41, 5.74) is 0.561. The highest BCUT2D eigenvalue weighted by molar-refractivity contribution is 6.08. The number of aromatic nitrogens is 2. The van der Waals surface area contributed by atoms with Crippen molar-refractivity contribution in [1.29, 1.82) is 0 Å². The lowest BCUT2D eigenvalue weighted by Crippen LogP contribution is -2.47. The predicted octanol–water partition coefficient (Wildman–Crippen LogP) is -0.963. The summed E-state index contributed by atoms with van der Waals surface area (Å²) in [6.45, 7) is 0.365. The highest BCUT2D eigenvalue weighted by Crippen LogP contribution is 2.33. The first-order valence-corrected chi connectivity index (χ1v) is 6.24. The molecular formula is C12H13N3O5. The number of H-pyrrole nitrogens is 1. The molecule has 8 nitrogen and oxygen atoms in total. The molecule has 1 aromatic rings. The third-order valence-electron chi connectivity index (χ3n) is 3.75. The molecule has 8 heteroatoms. The average Bonchev–Trinajstić information content (AvgIpc) is 3.10. The van der Waals surface area contributed by atoms with Gasteiger partial charge in [0.2, 0.25) is 11.8 Å². The van der Waals surface area contributed by atoms with Gasteiger partial charge < -0.3 is 14.8 Å². The second kappa shape index (κ2) is 4.71. The molecule has 2 aliphatic heterocycles. The summed E-state index contributed by atoms with van der Waals surface area (Å²) in [4.78, 5) is 43.3. The smallest absolute Gasteiger partial charge is 0.327 e. The van der Waals surface area contributed by atoms with Crippen molar-refractivity contribution in [2.45, 2.75) is 12.5 Å². The zero-order chi connectivity index (χ0) is 14.3. The highest BCUT2D eigenvalue weighted by atomic mass is 16.5. The monoisotopic (exact) mass is 279 g/mol. The first kappa shape index (κ1) is 12.8. The summed E-state index contributed by atoms with van der Waals surface area (Å²) in [5, 5.41) is 9.32. The van der Waals surface area contributed by atoms with Crippen LogP contribution in [-0.2, 0) is 25.5 Å². The van der Waals surface area contributed by atoms with Crippen molar-refractivity contribution in [3.8, 4) is 0 Å². The molecule has 2 N–H and O–H groups in total. The van der Waals surface area contributed by atoms with Crippen LogP contribution in [-0.4, -0.2) is 57.0 Å². The second-order valence-electron chi connectivity index (χ2n) is 4.93. The molecule has 20 heavy (non-hydrogen) atoms. The first-order valence-electron chi connectivity index (χ1n) is 6.24. The van der Waals surface area contributed by atoms with E-state index in [1.165, 1.54) is 12.5 Å². The fourth-order valence-electron chi connectivity index (χ4n) is 2.71. The van der Waals surface area contributed by atoms with Gasteiger partial charge in [-0.05, 0) is 0 Å². The quantitative estimate of drug-likeness (QED) is 0.686. The number of rotatable bonds is 4. The molecule has 2 fully saturated rings. The van der Waals surface area contributed by atoms with Gasteiger partial charge in [-0.3, -0.25) is 14.5 Å². The number of carbonyl (C=O) groups is 3. The van der Waals surface area contributed by atoms with Gasteiger partial charge in [-0.2, -0.15) is 0 Å². The molecule has 0 spiro atoms. The van der Waals surface area contributed by atoms with Crippen molar-refractivity contribution in [1.82, 2.24) is 14.9 Å². The molecule has 0 aromatic carbocycles. The van der Waals surface area contributed by atoms with Crippen molar-refractivity contribution in [2.75, 3.05) is 13.2 Å². The highest BCUT2D eigenvalue weighted by Gasteiger charge is 2.54. The van der Waals surface area contributed by atoms with Crippen molar-refractivity contribution in [3.05, 3.63) is 18.2 Å². The molecule has 2 unspecified atom stereocenters. The zero-order valence-corrected chi connectivity index (χ0v) is 10.5. The van der Waals surface area contributed by atoms with Crippen LogP contribution >= 0.6 is 0 Å². The Kier molecular flexibility index (Phi) is 3.01. The molecule has 0 saturated carbocycles. The summed E-state index contributed by atoms with van der Waals surface area (Å²) < 4.78 is 5.11. The number of ether oxygens (including phenoxy) is 1. The number of imide groups is 1. The zero-order valence-electron chi connectivity index (χ0n) is 10.5. The van der Waals surface area contributed by atoms with E-state index < -0.39 is 35.7 Å². The molecule has 0 bridgehead atoms. The summed E-state index contributed by atoms with van der Waals surface area (Å²) in [6.07, 6.45) is 2.92. The minimum Gasteiger partial charge on any atom is -0.480 e. The Hall–Kier alpha value is -2.22. The lowest BCUT2D eigenvalue weighted by Gasteiger charge is -2.23. The number of aliphatic carboxylic acids is 1. The van der Waals surface area contributed by atoms with Crippen LogP contribution in [0.15, 0.2) is 12.5 Å². The van der Waals surface area contributed by atoms with E-state index in [4.69, 9.17) is 4.74 Å². The number of likely N-dealkylation sites (tertiary alicyclic amines) is 1. The Bertz CT molecular complexity index is 533.